The van der Waals surface area contributed by atoms with E-state index in [0.717, 1.165) is 22.3 Å². The summed E-state index contributed by atoms with van der Waals surface area (Å²) in [6.07, 6.45) is 0.494. The minimum atomic E-state index is -1.16. The van der Waals surface area contributed by atoms with E-state index in [1.54, 1.807) is 0 Å². The molecule has 3 atom stereocenters. The molecule has 0 aromatic heterocycles. The second kappa shape index (κ2) is 10.6. The fourth-order valence-electron chi connectivity index (χ4n) is 4.82. The van der Waals surface area contributed by atoms with Gasteiger partial charge in [-0.25, -0.2) is 4.79 Å². The van der Waals surface area contributed by atoms with Gasteiger partial charge in [-0.1, -0.05) is 61.9 Å². The topological polar surface area (TPSA) is 134 Å². The van der Waals surface area contributed by atoms with Crippen LogP contribution in [-0.2, 0) is 19.1 Å². The van der Waals surface area contributed by atoms with Gasteiger partial charge in [0.25, 0.3) is 0 Å². The van der Waals surface area contributed by atoms with E-state index in [9.17, 15) is 24.3 Å². The van der Waals surface area contributed by atoms with Gasteiger partial charge in [-0.15, -0.1) is 0 Å². The number of carboxylic acids is 1. The monoisotopic (exact) mass is 479 g/mol. The van der Waals surface area contributed by atoms with E-state index in [4.69, 9.17) is 4.74 Å². The first-order valence-electron chi connectivity index (χ1n) is 11.8. The lowest BCUT2D eigenvalue weighted by Gasteiger charge is -2.21. The van der Waals surface area contributed by atoms with Crippen LogP contribution in [0.15, 0.2) is 48.5 Å². The maximum Gasteiger partial charge on any atom is 0.407 e. The summed E-state index contributed by atoms with van der Waals surface area (Å²) in [6, 6.07) is 14.9. The number of fused-ring (bicyclic) bond motifs is 3. The van der Waals surface area contributed by atoms with Gasteiger partial charge >= 0.3 is 12.1 Å². The zero-order chi connectivity index (χ0) is 24.9. The van der Waals surface area contributed by atoms with E-state index >= 15 is 0 Å². The summed E-state index contributed by atoms with van der Waals surface area (Å²) < 4.78 is 5.52. The molecule has 0 saturated carbocycles. The van der Waals surface area contributed by atoms with Crippen molar-refractivity contribution in [1.82, 2.24) is 16.0 Å². The molecule has 1 saturated heterocycles. The molecule has 1 heterocycles. The van der Waals surface area contributed by atoms with Crippen molar-refractivity contribution in [2.45, 2.75) is 31.7 Å². The molecule has 2 aromatic rings. The van der Waals surface area contributed by atoms with Gasteiger partial charge in [-0.05, 0) is 28.7 Å². The Bertz CT molecular complexity index is 1090. The van der Waals surface area contributed by atoms with Crippen molar-refractivity contribution >= 4 is 23.9 Å². The van der Waals surface area contributed by atoms with Crippen molar-refractivity contribution in [2.75, 3.05) is 19.7 Å². The summed E-state index contributed by atoms with van der Waals surface area (Å²) in [7, 11) is 0. The van der Waals surface area contributed by atoms with Crippen LogP contribution in [-0.4, -0.2) is 54.7 Å². The Morgan fingerprint density at radius 3 is 2.31 bits per heavy atom. The van der Waals surface area contributed by atoms with Gasteiger partial charge in [0.2, 0.25) is 11.8 Å². The predicted octanol–water partition coefficient (Wildman–Crippen LogP) is 2.26. The van der Waals surface area contributed by atoms with Gasteiger partial charge in [0.15, 0.2) is 0 Å². The summed E-state index contributed by atoms with van der Waals surface area (Å²) in [6.45, 7) is 2.04. The fraction of sp³-hybridized carbons (Fsp3) is 0.385. The van der Waals surface area contributed by atoms with Crippen LogP contribution < -0.4 is 16.0 Å². The molecule has 35 heavy (non-hydrogen) atoms. The number of benzene rings is 2. The molecule has 9 nitrogen and oxygen atoms in total. The molecular formula is C26H29N3O6. The molecule has 3 unspecified atom stereocenters. The number of nitrogens with one attached hydrogen (secondary N) is 3. The molecule has 4 rings (SSSR count). The normalized spacial score (nSPS) is 19.3. The van der Waals surface area contributed by atoms with Gasteiger partial charge in [0.1, 0.15) is 18.6 Å². The van der Waals surface area contributed by atoms with Crippen molar-refractivity contribution < 1.29 is 29.0 Å². The van der Waals surface area contributed by atoms with Crippen LogP contribution in [0, 0.1) is 11.8 Å². The second-order valence-electron chi connectivity index (χ2n) is 8.87. The fourth-order valence-corrected chi connectivity index (χ4v) is 4.82. The molecule has 184 valence electrons. The lowest BCUT2D eigenvalue weighted by atomic mass is 9.98. The zero-order valence-corrected chi connectivity index (χ0v) is 19.5. The number of hydrogen-bond donors (Lipinski definition) is 4. The number of hydrogen-bond acceptors (Lipinski definition) is 5. The first kappa shape index (κ1) is 24.3. The minimum Gasteiger partial charge on any atom is -0.481 e. The molecule has 2 aliphatic rings. The Morgan fingerprint density at radius 2 is 1.71 bits per heavy atom. The Hall–Kier alpha value is -3.88. The summed E-state index contributed by atoms with van der Waals surface area (Å²) in [4.78, 5) is 48.6. The van der Waals surface area contributed by atoms with E-state index in [1.807, 2.05) is 43.3 Å². The quantitative estimate of drug-likeness (QED) is 0.436. The summed E-state index contributed by atoms with van der Waals surface area (Å²) in [5.74, 6) is -3.87. The lowest BCUT2D eigenvalue weighted by molar-refractivity contribution is -0.143. The molecule has 0 spiro atoms. The summed E-state index contributed by atoms with van der Waals surface area (Å²) in [5, 5.41) is 16.9. The largest absolute Gasteiger partial charge is 0.481 e. The van der Waals surface area contributed by atoms with Crippen molar-refractivity contribution in [3.63, 3.8) is 0 Å². The van der Waals surface area contributed by atoms with Crippen LogP contribution in [0.25, 0.3) is 11.1 Å². The van der Waals surface area contributed by atoms with Crippen molar-refractivity contribution in [3.05, 3.63) is 59.7 Å². The van der Waals surface area contributed by atoms with E-state index in [-0.39, 0.29) is 25.6 Å². The average Bonchev–Trinajstić information content (AvgIpc) is 3.38. The highest BCUT2D eigenvalue weighted by Gasteiger charge is 2.41. The van der Waals surface area contributed by atoms with Gasteiger partial charge < -0.3 is 25.8 Å². The molecule has 1 fully saturated rings. The third-order valence-corrected chi connectivity index (χ3v) is 6.64. The van der Waals surface area contributed by atoms with E-state index in [0.29, 0.717) is 12.8 Å². The summed E-state index contributed by atoms with van der Waals surface area (Å²) in [5.41, 5.74) is 4.47. The van der Waals surface area contributed by atoms with Crippen LogP contribution in [0.4, 0.5) is 4.79 Å². The number of rotatable bonds is 9. The van der Waals surface area contributed by atoms with Crippen LogP contribution in [0.5, 0.6) is 0 Å². The molecule has 3 amide bonds. The number of carbonyl (C=O) groups excluding carboxylic acids is 3. The summed E-state index contributed by atoms with van der Waals surface area (Å²) >= 11 is 0. The van der Waals surface area contributed by atoms with E-state index in [1.165, 1.54) is 0 Å². The van der Waals surface area contributed by atoms with Crippen LogP contribution in [0.1, 0.15) is 36.8 Å². The highest BCUT2D eigenvalue weighted by molar-refractivity contribution is 5.95. The van der Waals surface area contributed by atoms with Crippen molar-refractivity contribution in [2.24, 2.45) is 11.8 Å². The number of aliphatic carboxylic acids is 1. The molecule has 4 N–H and O–H groups in total. The predicted molar refractivity (Wildman–Crippen MR) is 128 cm³/mol. The number of amides is 3. The van der Waals surface area contributed by atoms with Gasteiger partial charge in [-0.2, -0.15) is 0 Å². The Labute approximate surface area is 203 Å². The number of carbonyl (C=O) groups is 4. The molecule has 1 aliphatic carbocycles. The van der Waals surface area contributed by atoms with E-state index < -0.39 is 41.8 Å². The standard InChI is InChI=1S/C26H29N3O6/c1-2-7-15(23(30)29-22-20(25(32)33)13-27-24(22)31)12-28-26(34)35-14-21-18-10-5-3-8-16(18)17-9-4-6-11-19(17)21/h3-6,8-11,15,20-22H,2,7,12-14H2,1H3,(H,27,31)(H,28,34)(H,29,30)(H,32,33). The van der Waals surface area contributed by atoms with Crippen molar-refractivity contribution in [3.8, 4) is 11.1 Å². The van der Waals surface area contributed by atoms with Crippen LogP contribution in [0.2, 0.25) is 0 Å². The third kappa shape index (κ3) is 5.13. The average molecular weight is 480 g/mol. The smallest absolute Gasteiger partial charge is 0.407 e. The molecule has 1 aliphatic heterocycles. The zero-order valence-electron chi connectivity index (χ0n) is 19.5. The van der Waals surface area contributed by atoms with Gasteiger partial charge in [-0.3, -0.25) is 14.4 Å². The third-order valence-electron chi connectivity index (χ3n) is 6.64. The highest BCUT2D eigenvalue weighted by Crippen LogP contribution is 2.44. The van der Waals surface area contributed by atoms with Crippen LogP contribution in [0.3, 0.4) is 0 Å². The van der Waals surface area contributed by atoms with Gasteiger partial charge in [0.05, 0.1) is 5.92 Å². The second-order valence-corrected chi connectivity index (χ2v) is 8.87. The molecule has 2 aromatic carbocycles. The lowest BCUT2D eigenvalue weighted by Crippen LogP contribution is -2.49. The number of carboxylic acid groups (broad SMARTS) is 1. The first-order valence-corrected chi connectivity index (χ1v) is 11.8. The Morgan fingerprint density at radius 1 is 1.09 bits per heavy atom. The maximum atomic E-state index is 12.8. The Kier molecular flexibility index (Phi) is 7.33. The SMILES string of the molecule is CCCC(CNC(=O)OCC1c2ccccc2-c2ccccc21)C(=O)NC1C(=O)NCC1C(=O)O. The Balaban J connectivity index is 1.33. The number of ether oxygens (including phenoxy) is 1. The van der Waals surface area contributed by atoms with Gasteiger partial charge in [0, 0.05) is 19.0 Å². The first-order chi connectivity index (χ1) is 16.9. The molecule has 9 heteroatoms. The minimum absolute atomic E-state index is 0.0163. The van der Waals surface area contributed by atoms with Crippen molar-refractivity contribution in [1.29, 1.82) is 0 Å². The molecule has 0 radical (unpaired) electrons. The van der Waals surface area contributed by atoms with Crippen LogP contribution >= 0.6 is 0 Å². The molecule has 0 bridgehead atoms. The number of alkyl carbamates (subject to hydrolysis) is 1. The molecular weight excluding hydrogens is 450 g/mol. The maximum absolute atomic E-state index is 12.8. The van der Waals surface area contributed by atoms with E-state index in [2.05, 4.69) is 28.1 Å². The highest BCUT2D eigenvalue weighted by atomic mass is 16.5.